The van der Waals surface area contributed by atoms with Crippen LogP contribution in [0.5, 0.6) is 0 Å². The van der Waals surface area contributed by atoms with Crippen LogP contribution in [0.15, 0.2) is 12.2 Å². The average molecular weight is 210 g/mol. The molecule has 0 aromatic heterocycles. The van der Waals surface area contributed by atoms with E-state index in [2.05, 4.69) is 17.7 Å². The van der Waals surface area contributed by atoms with Crippen molar-refractivity contribution in [1.29, 1.82) is 0 Å². The summed E-state index contributed by atoms with van der Waals surface area (Å²) >= 11 is 0. The molecule has 0 amide bonds. The number of hydrogen-bond donors (Lipinski definition) is 0. The van der Waals surface area contributed by atoms with Gasteiger partial charge in [0.1, 0.15) is 0 Å². The van der Waals surface area contributed by atoms with Crippen molar-refractivity contribution in [2.24, 2.45) is 5.92 Å². The van der Waals surface area contributed by atoms with Crippen molar-refractivity contribution in [3.8, 4) is 0 Å². The average Bonchev–Trinajstić information content (AvgIpc) is 2.22. The van der Waals surface area contributed by atoms with Crippen molar-refractivity contribution in [1.82, 2.24) is 0 Å². The molecule has 1 aliphatic rings. The third-order valence-electron chi connectivity index (χ3n) is 2.53. The topological polar surface area (TPSA) is 43.4 Å². The van der Waals surface area contributed by atoms with Gasteiger partial charge < -0.3 is 4.74 Å². The molecular formula is C12H18O3. The molecule has 0 aliphatic carbocycles. The maximum absolute atomic E-state index is 10.8. The van der Waals surface area contributed by atoms with E-state index in [4.69, 9.17) is 0 Å². The number of carbonyl (C=O) groups excluding carboxylic acids is 2. The van der Waals surface area contributed by atoms with E-state index >= 15 is 0 Å². The zero-order valence-corrected chi connectivity index (χ0v) is 9.20. The lowest BCUT2D eigenvalue weighted by atomic mass is 10.0. The highest BCUT2D eigenvalue weighted by Gasteiger charge is 2.40. The van der Waals surface area contributed by atoms with E-state index in [-0.39, 0.29) is 11.9 Å². The van der Waals surface area contributed by atoms with E-state index in [1.807, 2.05) is 6.08 Å². The number of unbranched alkanes of at least 4 members (excludes halogenated alkanes) is 4. The highest BCUT2D eigenvalue weighted by atomic mass is 16.6. The second-order valence-corrected chi connectivity index (χ2v) is 3.85. The maximum Gasteiger partial charge on any atom is 0.328 e. The summed E-state index contributed by atoms with van der Waals surface area (Å²) in [6, 6.07) is 0. The number of esters is 2. The summed E-state index contributed by atoms with van der Waals surface area (Å²) in [5, 5.41) is 0. The Morgan fingerprint density at radius 2 is 1.87 bits per heavy atom. The van der Waals surface area contributed by atoms with Gasteiger partial charge in [-0.05, 0) is 19.3 Å². The predicted molar refractivity (Wildman–Crippen MR) is 57.1 cm³/mol. The number of cyclic esters (lactones) is 2. The van der Waals surface area contributed by atoms with E-state index in [1.54, 1.807) is 0 Å². The molecular weight excluding hydrogens is 192 g/mol. The monoisotopic (exact) mass is 210 g/mol. The van der Waals surface area contributed by atoms with E-state index in [0.717, 1.165) is 6.42 Å². The number of allylic oxidation sites excluding steroid dienone is 2. The lowest BCUT2D eigenvalue weighted by molar-refractivity contribution is -0.183. The molecule has 0 atom stereocenters. The molecule has 1 aliphatic heterocycles. The first-order valence-electron chi connectivity index (χ1n) is 5.66. The predicted octanol–water partition coefficient (Wildman–Crippen LogP) is 2.60. The quantitative estimate of drug-likeness (QED) is 0.281. The molecule has 1 fully saturated rings. The number of carbonyl (C=O) groups is 2. The second kappa shape index (κ2) is 6.38. The van der Waals surface area contributed by atoms with Crippen LogP contribution in [0.25, 0.3) is 0 Å². The van der Waals surface area contributed by atoms with Crippen LogP contribution in [0.2, 0.25) is 0 Å². The first-order chi connectivity index (χ1) is 7.25. The number of rotatable bonds is 7. The lowest BCUT2D eigenvalue weighted by Gasteiger charge is -2.19. The highest BCUT2D eigenvalue weighted by molar-refractivity contribution is 6.09. The lowest BCUT2D eigenvalue weighted by Crippen LogP contribution is -2.40. The van der Waals surface area contributed by atoms with Gasteiger partial charge in [0.2, 0.25) is 0 Å². The van der Waals surface area contributed by atoms with Gasteiger partial charge in [0.05, 0.1) is 0 Å². The van der Waals surface area contributed by atoms with Gasteiger partial charge >= 0.3 is 11.9 Å². The van der Waals surface area contributed by atoms with Gasteiger partial charge in [0, 0.05) is 0 Å². The van der Waals surface area contributed by atoms with Crippen LogP contribution in [-0.4, -0.2) is 11.9 Å². The number of ether oxygens (including phenoxy) is 1. The van der Waals surface area contributed by atoms with Crippen LogP contribution in [0, 0.1) is 5.92 Å². The molecule has 0 unspecified atom stereocenters. The van der Waals surface area contributed by atoms with Gasteiger partial charge in [0.25, 0.3) is 0 Å². The fraction of sp³-hybridized carbons (Fsp3) is 0.667. The standard InChI is InChI=1S/C12H18O3/c1-2-3-4-5-6-7-8-9-10-11(13)15-12(10)14/h7-8,10H,2-6,9H2,1H3/b8-7+. The van der Waals surface area contributed by atoms with Crippen LogP contribution < -0.4 is 0 Å². The van der Waals surface area contributed by atoms with Gasteiger partial charge in [-0.1, -0.05) is 38.3 Å². The van der Waals surface area contributed by atoms with Crippen LogP contribution in [0.3, 0.4) is 0 Å². The summed E-state index contributed by atoms with van der Waals surface area (Å²) in [6.07, 6.45) is 10.5. The van der Waals surface area contributed by atoms with Gasteiger partial charge in [-0.3, -0.25) is 9.59 Å². The fourth-order valence-corrected chi connectivity index (χ4v) is 1.51. The summed E-state index contributed by atoms with van der Waals surface area (Å²) in [6.45, 7) is 2.18. The molecule has 0 aromatic carbocycles. The Kier molecular flexibility index (Phi) is 5.08. The maximum atomic E-state index is 10.8. The molecule has 84 valence electrons. The largest absolute Gasteiger partial charge is 0.392 e. The van der Waals surface area contributed by atoms with Crippen molar-refractivity contribution in [2.45, 2.75) is 45.4 Å². The van der Waals surface area contributed by atoms with Crippen LogP contribution in [0.1, 0.15) is 45.4 Å². The first kappa shape index (κ1) is 12.0. The summed E-state index contributed by atoms with van der Waals surface area (Å²) in [7, 11) is 0. The molecule has 0 N–H and O–H groups in total. The summed E-state index contributed by atoms with van der Waals surface area (Å²) < 4.78 is 4.25. The van der Waals surface area contributed by atoms with Crippen molar-refractivity contribution in [3.63, 3.8) is 0 Å². The van der Waals surface area contributed by atoms with E-state index < -0.39 is 5.92 Å². The highest BCUT2D eigenvalue weighted by Crippen LogP contribution is 2.19. The summed E-state index contributed by atoms with van der Waals surface area (Å²) in [4.78, 5) is 21.5. The van der Waals surface area contributed by atoms with Crippen molar-refractivity contribution >= 4 is 11.9 Å². The van der Waals surface area contributed by atoms with E-state index in [0.29, 0.717) is 6.42 Å². The minimum absolute atomic E-state index is 0.379. The van der Waals surface area contributed by atoms with Crippen molar-refractivity contribution < 1.29 is 14.3 Å². The Balaban J connectivity index is 2.02. The van der Waals surface area contributed by atoms with Gasteiger partial charge in [-0.15, -0.1) is 0 Å². The molecule has 1 heterocycles. The summed E-state index contributed by atoms with van der Waals surface area (Å²) in [5.41, 5.74) is 0. The molecule has 1 rings (SSSR count). The van der Waals surface area contributed by atoms with Gasteiger partial charge in [-0.25, -0.2) is 0 Å². The van der Waals surface area contributed by atoms with Crippen molar-refractivity contribution in [3.05, 3.63) is 12.2 Å². The third kappa shape index (κ3) is 3.86. The Morgan fingerprint density at radius 3 is 2.47 bits per heavy atom. The summed E-state index contributed by atoms with van der Waals surface area (Å²) in [5.74, 6) is -1.27. The molecule has 0 aromatic rings. The van der Waals surface area contributed by atoms with Crippen LogP contribution in [0.4, 0.5) is 0 Å². The molecule has 0 bridgehead atoms. The van der Waals surface area contributed by atoms with Crippen LogP contribution >= 0.6 is 0 Å². The van der Waals surface area contributed by atoms with Gasteiger partial charge in [0.15, 0.2) is 5.92 Å². The molecule has 1 saturated heterocycles. The molecule has 3 heteroatoms. The first-order valence-corrected chi connectivity index (χ1v) is 5.66. The Hall–Kier alpha value is -1.12. The zero-order valence-electron chi connectivity index (χ0n) is 9.20. The second-order valence-electron chi connectivity index (χ2n) is 3.85. The third-order valence-corrected chi connectivity index (χ3v) is 2.53. The Bertz CT molecular complexity index is 242. The smallest absolute Gasteiger partial charge is 0.328 e. The molecule has 0 radical (unpaired) electrons. The SMILES string of the molecule is CCCCCC/C=C/CC1C(=O)OC1=O. The zero-order chi connectivity index (χ0) is 11.1. The minimum Gasteiger partial charge on any atom is -0.392 e. The Morgan fingerprint density at radius 1 is 1.13 bits per heavy atom. The normalized spacial score (nSPS) is 16.9. The molecule has 15 heavy (non-hydrogen) atoms. The minimum atomic E-state index is -0.517. The van der Waals surface area contributed by atoms with E-state index in [9.17, 15) is 9.59 Å². The fourth-order valence-electron chi connectivity index (χ4n) is 1.51. The molecule has 3 nitrogen and oxygen atoms in total. The van der Waals surface area contributed by atoms with E-state index in [1.165, 1.54) is 25.7 Å². The number of hydrogen-bond acceptors (Lipinski definition) is 3. The van der Waals surface area contributed by atoms with Crippen LogP contribution in [-0.2, 0) is 14.3 Å². The Labute approximate surface area is 90.5 Å². The van der Waals surface area contributed by atoms with Crippen molar-refractivity contribution in [2.75, 3.05) is 0 Å². The molecule has 0 spiro atoms. The molecule has 0 saturated carbocycles. The van der Waals surface area contributed by atoms with Gasteiger partial charge in [-0.2, -0.15) is 0 Å².